The van der Waals surface area contributed by atoms with E-state index in [1.54, 1.807) is 0 Å². The molecule has 0 saturated carbocycles. The lowest BCUT2D eigenvalue weighted by Gasteiger charge is -2.34. The van der Waals surface area contributed by atoms with Crippen LogP contribution in [0, 0.1) is 0 Å². The molecule has 1 fully saturated rings. The maximum atomic E-state index is 11.9. The number of carbonyl (C=O) groups is 1. The van der Waals surface area contributed by atoms with Crippen molar-refractivity contribution in [1.29, 1.82) is 0 Å². The van der Waals surface area contributed by atoms with Crippen LogP contribution in [0.3, 0.4) is 0 Å². The number of carbonyl (C=O) groups excluding carboxylic acids is 1. The molecule has 2 heterocycles. The number of nitrogens with zero attached hydrogens (tertiary/aromatic N) is 4. The van der Waals surface area contributed by atoms with Crippen molar-refractivity contribution in [2.24, 2.45) is 5.73 Å². The fourth-order valence-corrected chi connectivity index (χ4v) is 2.26. The van der Waals surface area contributed by atoms with Crippen molar-refractivity contribution in [2.45, 2.75) is 32.7 Å². The van der Waals surface area contributed by atoms with Crippen LogP contribution in [0.1, 0.15) is 31.5 Å². The third kappa shape index (κ3) is 4.01. The summed E-state index contributed by atoms with van der Waals surface area (Å²) in [6.45, 7) is 6.49. The molecule has 0 spiro atoms. The highest BCUT2D eigenvalue weighted by Gasteiger charge is 2.21. The summed E-state index contributed by atoms with van der Waals surface area (Å²) in [6, 6.07) is 0. The molecule has 1 amide bonds. The zero-order valence-corrected chi connectivity index (χ0v) is 12.0. The number of nitrogens with two attached hydrogens (primary N) is 1. The van der Waals surface area contributed by atoms with E-state index in [2.05, 4.69) is 15.0 Å². The van der Waals surface area contributed by atoms with Crippen LogP contribution < -0.4 is 5.73 Å². The number of rotatable bonds is 6. The van der Waals surface area contributed by atoms with Crippen molar-refractivity contribution in [3.8, 4) is 0 Å². The maximum absolute atomic E-state index is 11.9. The molecule has 1 aromatic rings. The number of aromatic nitrogens is 2. The first-order valence-corrected chi connectivity index (χ1v) is 7.24. The molecular weight excluding hydrogens is 258 g/mol. The molecule has 1 saturated heterocycles. The van der Waals surface area contributed by atoms with Gasteiger partial charge < -0.3 is 15.2 Å². The van der Waals surface area contributed by atoms with E-state index in [9.17, 15) is 4.79 Å². The summed E-state index contributed by atoms with van der Waals surface area (Å²) in [5.74, 6) is 1.61. The molecule has 7 nitrogen and oxygen atoms in total. The van der Waals surface area contributed by atoms with Crippen LogP contribution in [0.15, 0.2) is 4.52 Å². The minimum Gasteiger partial charge on any atom is -0.340 e. The molecule has 0 unspecified atom stereocenters. The van der Waals surface area contributed by atoms with Crippen LogP contribution in [0.4, 0.5) is 0 Å². The normalized spacial score (nSPS) is 16.6. The topological polar surface area (TPSA) is 88.5 Å². The standard InChI is InChI=1S/C13H23N5O2/c1-2-12-15-11(16-20-12)10-17-6-8-18(9-7-17)13(19)4-3-5-14/h2-10,14H2,1H3. The highest BCUT2D eigenvalue weighted by Crippen LogP contribution is 2.08. The van der Waals surface area contributed by atoms with Gasteiger partial charge in [0.2, 0.25) is 11.8 Å². The Morgan fingerprint density at radius 1 is 1.35 bits per heavy atom. The molecule has 0 aromatic carbocycles. The summed E-state index contributed by atoms with van der Waals surface area (Å²) in [4.78, 5) is 20.3. The third-order valence-electron chi connectivity index (χ3n) is 3.50. The first-order chi connectivity index (χ1) is 9.72. The largest absolute Gasteiger partial charge is 0.340 e. The molecule has 0 bridgehead atoms. The zero-order valence-electron chi connectivity index (χ0n) is 12.0. The van der Waals surface area contributed by atoms with Gasteiger partial charge in [-0.2, -0.15) is 4.98 Å². The summed E-state index contributed by atoms with van der Waals surface area (Å²) in [5, 5.41) is 3.95. The van der Waals surface area contributed by atoms with Crippen LogP contribution in [-0.4, -0.2) is 58.6 Å². The smallest absolute Gasteiger partial charge is 0.226 e. The fraction of sp³-hybridized carbons (Fsp3) is 0.769. The van der Waals surface area contributed by atoms with E-state index in [-0.39, 0.29) is 5.91 Å². The molecule has 0 aliphatic carbocycles. The Morgan fingerprint density at radius 3 is 2.70 bits per heavy atom. The van der Waals surface area contributed by atoms with Gasteiger partial charge in [-0.3, -0.25) is 9.69 Å². The molecular formula is C13H23N5O2. The first-order valence-electron chi connectivity index (χ1n) is 7.24. The quantitative estimate of drug-likeness (QED) is 0.790. The van der Waals surface area contributed by atoms with Crippen molar-refractivity contribution in [3.05, 3.63) is 11.7 Å². The fourth-order valence-electron chi connectivity index (χ4n) is 2.26. The Bertz CT molecular complexity index is 426. The van der Waals surface area contributed by atoms with Crippen LogP contribution in [0.2, 0.25) is 0 Å². The second-order valence-corrected chi connectivity index (χ2v) is 5.01. The lowest BCUT2D eigenvalue weighted by atomic mass is 10.2. The lowest BCUT2D eigenvalue weighted by molar-refractivity contribution is -0.133. The van der Waals surface area contributed by atoms with Gasteiger partial charge in [0.05, 0.1) is 6.54 Å². The highest BCUT2D eigenvalue weighted by atomic mass is 16.5. The van der Waals surface area contributed by atoms with Crippen LogP contribution in [-0.2, 0) is 17.8 Å². The van der Waals surface area contributed by atoms with Crippen molar-refractivity contribution in [3.63, 3.8) is 0 Å². The van der Waals surface area contributed by atoms with Gasteiger partial charge in [-0.15, -0.1) is 0 Å². The number of hydrogen-bond acceptors (Lipinski definition) is 6. The predicted molar refractivity (Wildman–Crippen MR) is 73.8 cm³/mol. The molecule has 2 rings (SSSR count). The zero-order chi connectivity index (χ0) is 14.4. The molecule has 112 valence electrons. The molecule has 1 aromatic heterocycles. The van der Waals surface area contributed by atoms with Gasteiger partial charge in [0.15, 0.2) is 5.82 Å². The highest BCUT2D eigenvalue weighted by molar-refractivity contribution is 5.76. The number of hydrogen-bond donors (Lipinski definition) is 1. The number of amides is 1. The summed E-state index contributed by atoms with van der Waals surface area (Å²) in [7, 11) is 0. The predicted octanol–water partition coefficient (Wildman–Crippen LogP) is 0.0151. The third-order valence-corrected chi connectivity index (χ3v) is 3.50. The molecule has 0 atom stereocenters. The van der Waals surface area contributed by atoms with Gasteiger partial charge in [0, 0.05) is 39.0 Å². The van der Waals surface area contributed by atoms with E-state index in [1.807, 2.05) is 11.8 Å². The SMILES string of the molecule is CCc1nc(CN2CCN(C(=O)CCCN)CC2)no1. The molecule has 1 aliphatic heterocycles. The van der Waals surface area contributed by atoms with Crippen LogP contribution in [0.5, 0.6) is 0 Å². The Morgan fingerprint density at radius 2 is 2.10 bits per heavy atom. The van der Waals surface area contributed by atoms with Gasteiger partial charge in [-0.05, 0) is 13.0 Å². The molecule has 20 heavy (non-hydrogen) atoms. The van der Waals surface area contributed by atoms with Crippen molar-refractivity contribution >= 4 is 5.91 Å². The first kappa shape index (κ1) is 14.9. The van der Waals surface area contributed by atoms with E-state index in [0.717, 1.165) is 44.8 Å². The Hall–Kier alpha value is -1.47. The summed E-state index contributed by atoms with van der Waals surface area (Å²) in [6.07, 6.45) is 2.08. The van der Waals surface area contributed by atoms with E-state index in [1.165, 1.54) is 0 Å². The number of piperazine rings is 1. The molecule has 0 radical (unpaired) electrons. The summed E-state index contributed by atoms with van der Waals surface area (Å²) >= 11 is 0. The van der Waals surface area contributed by atoms with Gasteiger partial charge >= 0.3 is 0 Å². The minimum absolute atomic E-state index is 0.211. The van der Waals surface area contributed by atoms with E-state index in [0.29, 0.717) is 25.4 Å². The Kier molecular flexibility index (Phi) is 5.49. The van der Waals surface area contributed by atoms with Gasteiger partial charge in [0.25, 0.3) is 0 Å². The minimum atomic E-state index is 0.211. The Labute approximate surface area is 119 Å². The van der Waals surface area contributed by atoms with Gasteiger partial charge in [0.1, 0.15) is 0 Å². The Balaban J connectivity index is 1.75. The van der Waals surface area contributed by atoms with E-state index < -0.39 is 0 Å². The van der Waals surface area contributed by atoms with Crippen LogP contribution in [0.25, 0.3) is 0 Å². The van der Waals surface area contributed by atoms with Gasteiger partial charge in [-0.25, -0.2) is 0 Å². The van der Waals surface area contributed by atoms with Gasteiger partial charge in [-0.1, -0.05) is 12.1 Å². The number of aryl methyl sites for hydroxylation is 1. The van der Waals surface area contributed by atoms with Crippen molar-refractivity contribution in [1.82, 2.24) is 19.9 Å². The second kappa shape index (κ2) is 7.35. The summed E-state index contributed by atoms with van der Waals surface area (Å²) in [5.41, 5.74) is 5.43. The average Bonchev–Trinajstić information content (AvgIpc) is 2.93. The van der Waals surface area contributed by atoms with Crippen molar-refractivity contribution < 1.29 is 9.32 Å². The van der Waals surface area contributed by atoms with E-state index >= 15 is 0 Å². The maximum Gasteiger partial charge on any atom is 0.226 e. The lowest BCUT2D eigenvalue weighted by Crippen LogP contribution is -2.48. The second-order valence-electron chi connectivity index (χ2n) is 5.01. The average molecular weight is 281 g/mol. The monoisotopic (exact) mass is 281 g/mol. The van der Waals surface area contributed by atoms with E-state index in [4.69, 9.17) is 10.3 Å². The van der Waals surface area contributed by atoms with Crippen molar-refractivity contribution in [2.75, 3.05) is 32.7 Å². The van der Waals surface area contributed by atoms with Crippen LogP contribution >= 0.6 is 0 Å². The molecule has 2 N–H and O–H groups in total. The summed E-state index contributed by atoms with van der Waals surface area (Å²) < 4.78 is 5.09. The molecule has 1 aliphatic rings. The molecule has 7 heteroatoms.